The van der Waals surface area contributed by atoms with Crippen molar-refractivity contribution in [1.82, 2.24) is 0 Å². The molecule has 0 aromatic carbocycles. The first kappa shape index (κ1) is 20.7. The van der Waals surface area contributed by atoms with Crippen LogP contribution in [0.25, 0.3) is 0 Å². The zero-order chi connectivity index (χ0) is 20.3. The monoisotopic (exact) mass is 392 g/mol. The van der Waals surface area contributed by atoms with Gasteiger partial charge in [0.2, 0.25) is 0 Å². The Hall–Kier alpha value is -0.610. The summed E-state index contributed by atoms with van der Waals surface area (Å²) in [6.07, 6.45) is 9.26. The molecule has 4 aliphatic rings. The average Bonchev–Trinajstić information content (AvgIpc) is 3.00. The summed E-state index contributed by atoms with van der Waals surface area (Å²) in [5.74, 6) is 2.55. The Bertz CT molecular complexity index is 605. The van der Waals surface area contributed by atoms with Crippen LogP contribution in [0, 0.1) is 46.3 Å². The van der Waals surface area contributed by atoms with Crippen molar-refractivity contribution in [1.29, 1.82) is 0 Å². The van der Waals surface area contributed by atoms with E-state index in [1.807, 2.05) is 0 Å². The molecule has 10 atom stereocenters. The molecular weight excluding hydrogens is 352 g/mol. The summed E-state index contributed by atoms with van der Waals surface area (Å²) in [5.41, 5.74) is 0.216. The van der Waals surface area contributed by atoms with Gasteiger partial charge in [-0.1, -0.05) is 20.8 Å². The number of aliphatic hydroxyl groups is 2. The molecule has 0 heterocycles. The molecular formula is C24H40O4. The first-order valence-electron chi connectivity index (χ1n) is 11.8. The first-order valence-corrected chi connectivity index (χ1v) is 11.8. The molecule has 3 N–H and O–H groups in total. The van der Waals surface area contributed by atoms with Gasteiger partial charge in [0, 0.05) is 6.42 Å². The highest BCUT2D eigenvalue weighted by molar-refractivity contribution is 5.66. The zero-order valence-corrected chi connectivity index (χ0v) is 17.9. The molecule has 0 bridgehead atoms. The fraction of sp³-hybridized carbons (Fsp3) is 0.958. The third-order valence-electron chi connectivity index (χ3n) is 10.3. The topological polar surface area (TPSA) is 77.8 Å². The summed E-state index contributed by atoms with van der Waals surface area (Å²) in [4.78, 5) is 11.1. The summed E-state index contributed by atoms with van der Waals surface area (Å²) in [6.45, 7) is 6.99. The van der Waals surface area contributed by atoms with E-state index in [1.54, 1.807) is 0 Å². The first-order chi connectivity index (χ1) is 13.2. The molecule has 4 nitrogen and oxygen atoms in total. The number of hydrogen-bond acceptors (Lipinski definition) is 3. The molecule has 4 saturated carbocycles. The van der Waals surface area contributed by atoms with Crippen LogP contribution in [0.5, 0.6) is 0 Å². The van der Waals surface area contributed by atoms with Crippen molar-refractivity contribution < 1.29 is 20.1 Å². The highest BCUT2D eigenvalue weighted by Crippen LogP contribution is 2.68. The molecule has 0 spiro atoms. The van der Waals surface area contributed by atoms with Crippen LogP contribution < -0.4 is 0 Å². The van der Waals surface area contributed by atoms with Crippen molar-refractivity contribution >= 4 is 5.97 Å². The van der Waals surface area contributed by atoms with Crippen LogP contribution in [0.4, 0.5) is 0 Å². The molecule has 0 amide bonds. The second kappa shape index (κ2) is 7.27. The Kier molecular flexibility index (Phi) is 5.36. The summed E-state index contributed by atoms with van der Waals surface area (Å²) < 4.78 is 0. The lowest BCUT2D eigenvalue weighted by atomic mass is 9.43. The van der Waals surface area contributed by atoms with Gasteiger partial charge in [0.1, 0.15) is 0 Å². The standard InChI is InChI=1S/C24H40O4/c1-14(4-9-22(27)28)18-7-8-19-17-6-5-15-12-16(25)10-11-23(15,2)20(17)13-21(26)24(18,19)3/h14-21,25-26H,4-13H2,1-3H3,(H,27,28)/t14-,15-,16+,17+,18+,19-,20+,21-,23+,24+/m1/s1. The number of hydrogen-bond donors (Lipinski definition) is 3. The smallest absolute Gasteiger partial charge is 0.303 e. The number of carboxylic acids is 1. The van der Waals surface area contributed by atoms with Crippen LogP contribution in [-0.4, -0.2) is 33.5 Å². The summed E-state index contributed by atoms with van der Waals surface area (Å²) >= 11 is 0. The van der Waals surface area contributed by atoms with Gasteiger partial charge < -0.3 is 15.3 Å². The number of aliphatic hydroxyl groups excluding tert-OH is 2. The minimum absolute atomic E-state index is 0.0591. The lowest BCUT2D eigenvalue weighted by molar-refractivity contribution is -0.175. The van der Waals surface area contributed by atoms with Crippen molar-refractivity contribution in [2.75, 3.05) is 0 Å². The minimum atomic E-state index is -0.707. The van der Waals surface area contributed by atoms with E-state index in [-0.39, 0.29) is 29.5 Å². The summed E-state index contributed by atoms with van der Waals surface area (Å²) in [6, 6.07) is 0. The van der Waals surface area contributed by atoms with Gasteiger partial charge >= 0.3 is 5.97 Å². The highest BCUT2D eigenvalue weighted by Gasteiger charge is 2.63. The van der Waals surface area contributed by atoms with E-state index in [1.165, 1.54) is 19.3 Å². The maximum absolute atomic E-state index is 11.5. The fourth-order valence-electron chi connectivity index (χ4n) is 8.71. The van der Waals surface area contributed by atoms with Gasteiger partial charge in [0.15, 0.2) is 0 Å². The van der Waals surface area contributed by atoms with Gasteiger partial charge in [-0.25, -0.2) is 0 Å². The molecule has 160 valence electrons. The van der Waals surface area contributed by atoms with Crippen LogP contribution in [0.3, 0.4) is 0 Å². The molecule has 28 heavy (non-hydrogen) atoms. The Labute approximate surface area is 170 Å². The molecule has 0 aliphatic heterocycles. The Morgan fingerprint density at radius 3 is 2.50 bits per heavy atom. The highest BCUT2D eigenvalue weighted by atomic mass is 16.4. The Balaban J connectivity index is 1.56. The largest absolute Gasteiger partial charge is 0.481 e. The molecule has 4 fully saturated rings. The number of rotatable bonds is 4. The molecule has 4 heteroatoms. The quantitative estimate of drug-likeness (QED) is 0.659. The van der Waals surface area contributed by atoms with E-state index < -0.39 is 5.97 Å². The molecule has 4 rings (SSSR count). The Morgan fingerprint density at radius 1 is 1.04 bits per heavy atom. The predicted molar refractivity (Wildman–Crippen MR) is 109 cm³/mol. The van der Waals surface area contributed by atoms with E-state index in [0.29, 0.717) is 35.5 Å². The van der Waals surface area contributed by atoms with Gasteiger partial charge in [0.25, 0.3) is 0 Å². The fourth-order valence-corrected chi connectivity index (χ4v) is 8.71. The normalized spacial score (nSPS) is 51.7. The van der Waals surface area contributed by atoms with E-state index in [9.17, 15) is 15.0 Å². The van der Waals surface area contributed by atoms with Crippen molar-refractivity contribution in [3.8, 4) is 0 Å². The molecule has 0 radical (unpaired) electrons. The second-order valence-electron chi connectivity index (χ2n) is 11.3. The Morgan fingerprint density at radius 2 is 1.79 bits per heavy atom. The third kappa shape index (κ3) is 3.05. The van der Waals surface area contributed by atoms with Gasteiger partial charge in [-0.05, 0) is 104 Å². The van der Waals surface area contributed by atoms with E-state index in [2.05, 4.69) is 20.8 Å². The van der Waals surface area contributed by atoms with Crippen molar-refractivity contribution in [3.63, 3.8) is 0 Å². The summed E-state index contributed by atoms with van der Waals surface area (Å²) in [5, 5.41) is 30.8. The van der Waals surface area contributed by atoms with Crippen molar-refractivity contribution in [2.45, 2.75) is 97.2 Å². The SMILES string of the molecule is C[C@H](CCC(=O)O)[C@@H]1CC[C@@H]2[C@@H]3CC[C@@H]4C[C@@H](O)CC[C@]4(C)[C@H]3C[C@@H](O)[C@]21C. The van der Waals surface area contributed by atoms with Crippen molar-refractivity contribution in [3.05, 3.63) is 0 Å². The van der Waals surface area contributed by atoms with Crippen LogP contribution in [0.15, 0.2) is 0 Å². The molecule has 4 aliphatic carbocycles. The van der Waals surface area contributed by atoms with E-state index in [0.717, 1.165) is 38.5 Å². The van der Waals surface area contributed by atoms with Gasteiger partial charge in [0.05, 0.1) is 12.2 Å². The summed E-state index contributed by atoms with van der Waals surface area (Å²) in [7, 11) is 0. The zero-order valence-electron chi connectivity index (χ0n) is 17.9. The van der Waals surface area contributed by atoms with E-state index >= 15 is 0 Å². The van der Waals surface area contributed by atoms with Gasteiger partial charge in [-0.3, -0.25) is 4.79 Å². The molecule has 0 aromatic heterocycles. The van der Waals surface area contributed by atoms with Gasteiger partial charge in [-0.15, -0.1) is 0 Å². The average molecular weight is 393 g/mol. The second-order valence-corrected chi connectivity index (χ2v) is 11.3. The molecule has 0 unspecified atom stereocenters. The predicted octanol–water partition coefficient (Wildman–Crippen LogP) is 4.48. The molecule has 0 saturated heterocycles. The van der Waals surface area contributed by atoms with E-state index in [4.69, 9.17) is 5.11 Å². The third-order valence-corrected chi connectivity index (χ3v) is 10.3. The minimum Gasteiger partial charge on any atom is -0.481 e. The maximum Gasteiger partial charge on any atom is 0.303 e. The lowest BCUT2D eigenvalue weighted by Crippen LogP contribution is -2.58. The number of carboxylic acid groups (broad SMARTS) is 1. The lowest BCUT2D eigenvalue weighted by Gasteiger charge is -2.62. The number of aliphatic carboxylic acids is 1. The van der Waals surface area contributed by atoms with Crippen LogP contribution in [0.1, 0.15) is 85.0 Å². The number of carbonyl (C=O) groups is 1. The van der Waals surface area contributed by atoms with Crippen LogP contribution in [0.2, 0.25) is 0 Å². The van der Waals surface area contributed by atoms with Crippen LogP contribution in [-0.2, 0) is 4.79 Å². The van der Waals surface area contributed by atoms with Crippen LogP contribution >= 0.6 is 0 Å². The van der Waals surface area contributed by atoms with Crippen molar-refractivity contribution in [2.24, 2.45) is 46.3 Å². The maximum atomic E-state index is 11.5. The molecule has 0 aromatic rings. The number of fused-ring (bicyclic) bond motifs is 5. The van der Waals surface area contributed by atoms with Gasteiger partial charge in [-0.2, -0.15) is 0 Å².